The third-order valence-corrected chi connectivity index (χ3v) is 4.53. The molecule has 0 saturated heterocycles. The van der Waals surface area contributed by atoms with Crippen LogP contribution >= 0.6 is 15.9 Å². The van der Waals surface area contributed by atoms with Gasteiger partial charge < -0.3 is 0 Å². The molecule has 0 aromatic carbocycles. The van der Waals surface area contributed by atoms with E-state index in [1.54, 1.807) is 0 Å². The summed E-state index contributed by atoms with van der Waals surface area (Å²) in [6.45, 7) is 4.61. The van der Waals surface area contributed by atoms with Gasteiger partial charge in [-0.3, -0.25) is 4.90 Å². The van der Waals surface area contributed by atoms with Gasteiger partial charge in [-0.05, 0) is 33.7 Å². The van der Waals surface area contributed by atoms with Gasteiger partial charge in [0.05, 0.1) is 0 Å². The van der Waals surface area contributed by atoms with Crippen molar-refractivity contribution in [2.24, 2.45) is 0 Å². The molecule has 0 amide bonds. The molecule has 0 radical (unpaired) electrons. The van der Waals surface area contributed by atoms with Crippen molar-refractivity contribution in [1.82, 2.24) is 4.90 Å². The van der Waals surface area contributed by atoms with Gasteiger partial charge in [0.25, 0.3) is 0 Å². The minimum atomic E-state index is 0.314. The van der Waals surface area contributed by atoms with Gasteiger partial charge in [0.1, 0.15) is 0 Å². The summed E-state index contributed by atoms with van der Waals surface area (Å²) in [6, 6.07) is 0.831. The molecule has 0 aromatic rings. The van der Waals surface area contributed by atoms with Crippen LogP contribution in [0.3, 0.4) is 0 Å². The first-order chi connectivity index (χ1) is 5.58. The highest BCUT2D eigenvalue weighted by atomic mass is 79.9. The number of alkyl halides is 1. The van der Waals surface area contributed by atoms with Crippen molar-refractivity contribution >= 4 is 15.9 Å². The zero-order valence-electron chi connectivity index (χ0n) is 8.44. The van der Waals surface area contributed by atoms with E-state index in [0.29, 0.717) is 5.54 Å². The maximum atomic E-state index is 3.58. The summed E-state index contributed by atoms with van der Waals surface area (Å²) >= 11 is 3.58. The molecule has 1 rings (SSSR count). The van der Waals surface area contributed by atoms with Gasteiger partial charge in [0, 0.05) is 16.9 Å². The van der Waals surface area contributed by atoms with Crippen molar-refractivity contribution in [3.05, 3.63) is 0 Å². The molecular formula is C10H20BrN. The van der Waals surface area contributed by atoms with Crippen LogP contribution in [0.15, 0.2) is 0 Å². The van der Waals surface area contributed by atoms with E-state index in [9.17, 15) is 0 Å². The first kappa shape index (κ1) is 10.5. The van der Waals surface area contributed by atoms with Gasteiger partial charge in [0.2, 0.25) is 0 Å². The lowest BCUT2D eigenvalue weighted by Gasteiger charge is -2.38. The van der Waals surface area contributed by atoms with Gasteiger partial charge in [-0.25, -0.2) is 0 Å². The number of halogens is 1. The Morgan fingerprint density at radius 1 is 1.33 bits per heavy atom. The fourth-order valence-corrected chi connectivity index (χ4v) is 2.28. The molecule has 2 heteroatoms. The molecular weight excluding hydrogens is 214 g/mol. The van der Waals surface area contributed by atoms with Crippen LogP contribution in [-0.2, 0) is 0 Å². The summed E-state index contributed by atoms with van der Waals surface area (Å²) in [5, 5.41) is 1.06. The Balaban J connectivity index is 2.50. The highest BCUT2D eigenvalue weighted by Crippen LogP contribution is 2.28. The monoisotopic (exact) mass is 233 g/mol. The predicted molar refractivity (Wildman–Crippen MR) is 57.9 cm³/mol. The number of nitrogens with zero attached hydrogens (tertiary/aromatic N) is 1. The van der Waals surface area contributed by atoms with Gasteiger partial charge in [-0.15, -0.1) is 0 Å². The van der Waals surface area contributed by atoms with E-state index in [1.807, 2.05) is 0 Å². The van der Waals surface area contributed by atoms with Crippen LogP contribution in [0.5, 0.6) is 0 Å². The molecule has 1 aliphatic carbocycles. The summed E-state index contributed by atoms with van der Waals surface area (Å²) in [5.74, 6) is 0. The maximum Gasteiger partial charge on any atom is 0.0249 e. The molecule has 72 valence electrons. The molecule has 0 bridgehead atoms. The van der Waals surface area contributed by atoms with Crippen LogP contribution in [0.1, 0.15) is 39.5 Å². The molecule has 0 aliphatic heterocycles. The Morgan fingerprint density at radius 2 is 1.83 bits per heavy atom. The van der Waals surface area contributed by atoms with Crippen LogP contribution in [0.4, 0.5) is 0 Å². The molecule has 0 heterocycles. The zero-order chi connectivity index (χ0) is 9.19. The second kappa shape index (κ2) is 4.10. The molecule has 0 atom stereocenters. The number of hydrogen-bond donors (Lipinski definition) is 0. The molecule has 0 aromatic heterocycles. The predicted octanol–water partition coefficient (Wildman–Crippen LogP) is 3.03. The highest BCUT2D eigenvalue weighted by molar-refractivity contribution is 9.09. The largest absolute Gasteiger partial charge is 0.297 e. The third kappa shape index (κ3) is 2.23. The number of hydrogen-bond acceptors (Lipinski definition) is 1. The van der Waals surface area contributed by atoms with Crippen molar-refractivity contribution in [3.8, 4) is 0 Å². The molecule has 0 spiro atoms. The summed E-state index contributed by atoms with van der Waals surface area (Å²) in [5.41, 5.74) is 0.314. The van der Waals surface area contributed by atoms with Gasteiger partial charge in [0.15, 0.2) is 0 Å². The van der Waals surface area contributed by atoms with Crippen LogP contribution < -0.4 is 0 Å². The molecule has 12 heavy (non-hydrogen) atoms. The summed E-state index contributed by atoms with van der Waals surface area (Å²) in [7, 11) is 2.26. The van der Waals surface area contributed by atoms with E-state index < -0.39 is 0 Å². The van der Waals surface area contributed by atoms with E-state index >= 15 is 0 Å². The quantitative estimate of drug-likeness (QED) is 0.678. The minimum absolute atomic E-state index is 0.314. The smallest absolute Gasteiger partial charge is 0.0249 e. The van der Waals surface area contributed by atoms with E-state index in [1.165, 1.54) is 25.7 Å². The third-order valence-electron chi connectivity index (χ3n) is 3.15. The first-order valence-corrected chi connectivity index (χ1v) is 5.99. The SMILES string of the molecule is CN(C1CCCC1)C(C)(C)CBr. The minimum Gasteiger partial charge on any atom is -0.297 e. The average molecular weight is 234 g/mol. The lowest BCUT2D eigenvalue weighted by Crippen LogP contribution is -2.47. The lowest BCUT2D eigenvalue weighted by molar-refractivity contribution is 0.124. The first-order valence-electron chi connectivity index (χ1n) is 4.87. The highest BCUT2D eigenvalue weighted by Gasteiger charge is 2.29. The van der Waals surface area contributed by atoms with Crippen molar-refractivity contribution in [2.75, 3.05) is 12.4 Å². The lowest BCUT2D eigenvalue weighted by atomic mass is 10.0. The summed E-state index contributed by atoms with van der Waals surface area (Å²) in [4.78, 5) is 2.54. The molecule has 1 saturated carbocycles. The average Bonchev–Trinajstić information content (AvgIpc) is 2.55. The van der Waals surface area contributed by atoms with Crippen LogP contribution in [0, 0.1) is 0 Å². The Labute approximate surface area is 84.6 Å². The van der Waals surface area contributed by atoms with Crippen LogP contribution in [0.2, 0.25) is 0 Å². The number of rotatable bonds is 3. The van der Waals surface area contributed by atoms with E-state index in [-0.39, 0.29) is 0 Å². The molecule has 1 nitrogen and oxygen atoms in total. The second-order valence-electron chi connectivity index (χ2n) is 4.50. The van der Waals surface area contributed by atoms with E-state index in [2.05, 4.69) is 41.7 Å². The Morgan fingerprint density at radius 3 is 2.25 bits per heavy atom. The Hall–Kier alpha value is 0.440. The second-order valence-corrected chi connectivity index (χ2v) is 5.06. The Kier molecular flexibility index (Phi) is 3.59. The van der Waals surface area contributed by atoms with E-state index in [4.69, 9.17) is 0 Å². The van der Waals surface area contributed by atoms with Crippen molar-refractivity contribution in [2.45, 2.75) is 51.1 Å². The summed E-state index contributed by atoms with van der Waals surface area (Å²) < 4.78 is 0. The van der Waals surface area contributed by atoms with Crippen molar-refractivity contribution < 1.29 is 0 Å². The molecule has 1 fully saturated rings. The topological polar surface area (TPSA) is 3.24 Å². The summed E-state index contributed by atoms with van der Waals surface area (Å²) in [6.07, 6.45) is 5.64. The zero-order valence-corrected chi connectivity index (χ0v) is 10.0. The fraction of sp³-hybridized carbons (Fsp3) is 1.00. The molecule has 0 N–H and O–H groups in total. The molecule has 0 unspecified atom stereocenters. The van der Waals surface area contributed by atoms with Gasteiger partial charge in [-0.2, -0.15) is 0 Å². The molecule has 1 aliphatic rings. The maximum absolute atomic E-state index is 3.58. The Bertz CT molecular complexity index is 139. The van der Waals surface area contributed by atoms with Gasteiger partial charge >= 0.3 is 0 Å². The van der Waals surface area contributed by atoms with Crippen LogP contribution in [-0.4, -0.2) is 28.9 Å². The standard InChI is InChI=1S/C10H20BrN/c1-10(2,8-11)12(3)9-6-4-5-7-9/h9H,4-8H2,1-3H3. The van der Waals surface area contributed by atoms with Crippen molar-refractivity contribution in [1.29, 1.82) is 0 Å². The normalized spacial score (nSPS) is 20.8. The van der Waals surface area contributed by atoms with Crippen molar-refractivity contribution in [3.63, 3.8) is 0 Å². The fourth-order valence-electron chi connectivity index (χ4n) is 1.88. The van der Waals surface area contributed by atoms with E-state index in [0.717, 1.165) is 11.4 Å². The van der Waals surface area contributed by atoms with Gasteiger partial charge in [-0.1, -0.05) is 28.8 Å². The van der Waals surface area contributed by atoms with Crippen LogP contribution in [0.25, 0.3) is 0 Å².